The molecule has 0 radical (unpaired) electrons. The summed E-state index contributed by atoms with van der Waals surface area (Å²) >= 11 is 0. The van der Waals surface area contributed by atoms with Crippen molar-refractivity contribution in [1.82, 2.24) is 0 Å². The zero-order valence-electron chi connectivity index (χ0n) is 7.98. The normalized spacial score (nSPS) is 18.3. The number of hydrogen-bond donors (Lipinski definition) is 1. The molecular weight excluding hydrogens is 186 g/mol. The van der Waals surface area contributed by atoms with Gasteiger partial charge < -0.3 is 5.11 Å². The summed E-state index contributed by atoms with van der Waals surface area (Å²) < 4.78 is 26.4. The van der Waals surface area contributed by atoms with E-state index in [0.29, 0.717) is 18.4 Å². The van der Waals surface area contributed by atoms with E-state index in [2.05, 4.69) is 0 Å². The zero-order chi connectivity index (χ0) is 10.3. The topological polar surface area (TPSA) is 20.2 Å². The molecule has 1 aliphatic carbocycles. The Morgan fingerprint density at radius 2 is 1.93 bits per heavy atom. The van der Waals surface area contributed by atoms with Gasteiger partial charge in [0.25, 0.3) is 0 Å². The molecule has 76 valence electrons. The Hall–Kier alpha value is -0.960. The second kappa shape index (κ2) is 3.02. The van der Waals surface area contributed by atoms with Crippen LogP contribution < -0.4 is 0 Å². The predicted octanol–water partition coefficient (Wildman–Crippen LogP) is 2.34. The fraction of sp³-hybridized carbons (Fsp3) is 0.455. The minimum atomic E-state index is -0.775. The molecule has 1 aliphatic rings. The lowest BCUT2D eigenvalue weighted by molar-refractivity contribution is 0.149. The molecule has 0 amide bonds. The molecule has 1 N–H and O–H groups in total. The lowest BCUT2D eigenvalue weighted by atomic mass is 10.0. The van der Waals surface area contributed by atoms with Gasteiger partial charge in [-0.25, -0.2) is 8.78 Å². The summed E-state index contributed by atoms with van der Waals surface area (Å²) in [5.74, 6) is -0.838. The van der Waals surface area contributed by atoms with Crippen LogP contribution in [0, 0.1) is 18.6 Å². The van der Waals surface area contributed by atoms with Gasteiger partial charge in [0.05, 0.1) is 5.60 Å². The van der Waals surface area contributed by atoms with Crippen LogP contribution in [0.4, 0.5) is 8.78 Å². The van der Waals surface area contributed by atoms with Gasteiger partial charge in [-0.15, -0.1) is 0 Å². The summed E-state index contributed by atoms with van der Waals surface area (Å²) in [5.41, 5.74) is -0.204. The highest BCUT2D eigenvalue weighted by molar-refractivity contribution is 5.27. The second-order valence-corrected chi connectivity index (χ2v) is 4.09. The summed E-state index contributed by atoms with van der Waals surface area (Å²) in [6, 6.07) is 2.36. The number of hydrogen-bond acceptors (Lipinski definition) is 1. The second-order valence-electron chi connectivity index (χ2n) is 4.09. The van der Waals surface area contributed by atoms with E-state index in [9.17, 15) is 13.9 Å². The number of aryl methyl sites for hydroxylation is 1. The highest BCUT2D eigenvalue weighted by atomic mass is 19.1. The Balaban J connectivity index is 2.29. The molecule has 0 aliphatic heterocycles. The van der Waals surface area contributed by atoms with E-state index < -0.39 is 17.2 Å². The van der Waals surface area contributed by atoms with Gasteiger partial charge in [-0.2, -0.15) is 0 Å². The van der Waals surface area contributed by atoms with Crippen LogP contribution in [0.1, 0.15) is 24.0 Å². The first-order valence-corrected chi connectivity index (χ1v) is 4.67. The van der Waals surface area contributed by atoms with Gasteiger partial charge in [0.2, 0.25) is 0 Å². The Morgan fingerprint density at radius 1 is 1.29 bits per heavy atom. The van der Waals surface area contributed by atoms with Crippen LogP contribution in [0.25, 0.3) is 0 Å². The molecule has 2 rings (SSSR count). The van der Waals surface area contributed by atoms with E-state index >= 15 is 0 Å². The third-order valence-corrected chi connectivity index (χ3v) is 2.67. The Kier molecular flexibility index (Phi) is 2.07. The summed E-state index contributed by atoms with van der Waals surface area (Å²) in [6.45, 7) is 1.52. The van der Waals surface area contributed by atoms with Gasteiger partial charge >= 0.3 is 0 Å². The van der Waals surface area contributed by atoms with Gasteiger partial charge in [-0.05, 0) is 43.0 Å². The molecule has 1 nitrogen and oxygen atoms in total. The van der Waals surface area contributed by atoms with Crippen LogP contribution in [0.3, 0.4) is 0 Å². The molecule has 0 atom stereocenters. The van der Waals surface area contributed by atoms with Crippen molar-refractivity contribution < 1.29 is 13.9 Å². The maximum Gasteiger partial charge on any atom is 0.126 e. The molecule has 1 saturated carbocycles. The molecule has 0 unspecified atom stereocenters. The standard InChI is InChI=1S/C11H12F2O/c1-7-4-10(13)8(5-9(7)12)6-11(14)2-3-11/h4-5,14H,2-3,6H2,1H3. The predicted molar refractivity (Wildman–Crippen MR) is 49.0 cm³/mol. The fourth-order valence-corrected chi connectivity index (χ4v) is 1.50. The quantitative estimate of drug-likeness (QED) is 0.773. The highest BCUT2D eigenvalue weighted by Gasteiger charge is 2.40. The zero-order valence-corrected chi connectivity index (χ0v) is 7.98. The summed E-state index contributed by atoms with van der Waals surface area (Å²) in [7, 11) is 0. The lowest BCUT2D eigenvalue weighted by Gasteiger charge is -2.09. The molecule has 3 heteroatoms. The van der Waals surface area contributed by atoms with Crippen molar-refractivity contribution in [2.75, 3.05) is 0 Å². The molecule has 1 fully saturated rings. The third kappa shape index (κ3) is 1.77. The van der Waals surface area contributed by atoms with Crippen molar-refractivity contribution >= 4 is 0 Å². The largest absolute Gasteiger partial charge is 0.390 e. The first-order valence-electron chi connectivity index (χ1n) is 4.67. The van der Waals surface area contributed by atoms with E-state index in [4.69, 9.17) is 0 Å². The average molecular weight is 198 g/mol. The number of halogens is 2. The minimum absolute atomic E-state index is 0.218. The van der Waals surface area contributed by atoms with Crippen LogP contribution in [0.5, 0.6) is 0 Å². The van der Waals surface area contributed by atoms with Gasteiger partial charge in [0.15, 0.2) is 0 Å². The average Bonchev–Trinajstić information content (AvgIpc) is 2.80. The molecule has 0 spiro atoms. The molecule has 0 bridgehead atoms. The first kappa shape index (κ1) is 9.59. The van der Waals surface area contributed by atoms with Gasteiger partial charge in [0, 0.05) is 6.42 Å². The molecule has 0 aromatic heterocycles. The molecular formula is C11H12F2O. The third-order valence-electron chi connectivity index (χ3n) is 2.67. The van der Waals surface area contributed by atoms with E-state index in [1.165, 1.54) is 19.1 Å². The molecule has 1 aromatic rings. The molecule has 1 aromatic carbocycles. The van der Waals surface area contributed by atoms with Crippen LogP contribution in [-0.2, 0) is 6.42 Å². The van der Waals surface area contributed by atoms with Crippen LogP contribution >= 0.6 is 0 Å². The number of benzene rings is 1. The first-order chi connectivity index (χ1) is 6.50. The van der Waals surface area contributed by atoms with Gasteiger partial charge in [-0.1, -0.05) is 0 Å². The van der Waals surface area contributed by atoms with Crippen LogP contribution in [-0.4, -0.2) is 10.7 Å². The summed E-state index contributed by atoms with van der Waals surface area (Å²) in [5, 5.41) is 9.58. The van der Waals surface area contributed by atoms with Crippen molar-refractivity contribution in [1.29, 1.82) is 0 Å². The van der Waals surface area contributed by atoms with E-state index in [1.54, 1.807) is 0 Å². The van der Waals surface area contributed by atoms with Crippen molar-refractivity contribution in [2.24, 2.45) is 0 Å². The SMILES string of the molecule is Cc1cc(F)c(CC2(O)CC2)cc1F. The monoisotopic (exact) mass is 198 g/mol. The lowest BCUT2D eigenvalue weighted by Crippen LogP contribution is -2.12. The Bertz CT molecular complexity index is 370. The number of rotatable bonds is 2. The van der Waals surface area contributed by atoms with Crippen molar-refractivity contribution in [3.63, 3.8) is 0 Å². The molecule has 0 heterocycles. The van der Waals surface area contributed by atoms with Gasteiger partial charge in [0.1, 0.15) is 11.6 Å². The summed E-state index contributed by atoms with van der Waals surface area (Å²) in [4.78, 5) is 0. The van der Waals surface area contributed by atoms with Crippen molar-refractivity contribution in [2.45, 2.75) is 31.8 Å². The maximum atomic E-state index is 13.3. The Morgan fingerprint density at radius 3 is 2.50 bits per heavy atom. The highest BCUT2D eigenvalue weighted by Crippen LogP contribution is 2.38. The van der Waals surface area contributed by atoms with E-state index in [0.717, 1.165) is 0 Å². The smallest absolute Gasteiger partial charge is 0.126 e. The Labute approximate surface area is 81.4 Å². The van der Waals surface area contributed by atoms with Crippen LogP contribution in [0.15, 0.2) is 12.1 Å². The molecule has 14 heavy (non-hydrogen) atoms. The molecule has 0 saturated heterocycles. The van der Waals surface area contributed by atoms with Crippen LogP contribution in [0.2, 0.25) is 0 Å². The maximum absolute atomic E-state index is 13.3. The minimum Gasteiger partial charge on any atom is -0.390 e. The van der Waals surface area contributed by atoms with Crippen molar-refractivity contribution in [3.05, 3.63) is 34.9 Å². The van der Waals surface area contributed by atoms with E-state index in [1.807, 2.05) is 0 Å². The fourth-order valence-electron chi connectivity index (χ4n) is 1.50. The van der Waals surface area contributed by atoms with Crippen molar-refractivity contribution in [3.8, 4) is 0 Å². The van der Waals surface area contributed by atoms with Gasteiger partial charge in [-0.3, -0.25) is 0 Å². The number of aliphatic hydroxyl groups is 1. The van der Waals surface area contributed by atoms with E-state index in [-0.39, 0.29) is 12.0 Å². The summed E-state index contributed by atoms with van der Waals surface area (Å²) in [6.07, 6.45) is 1.58.